The molecule has 0 saturated heterocycles. The Morgan fingerprint density at radius 3 is 2.44 bits per heavy atom. The maximum atomic E-state index is 5.50. The van der Waals surface area contributed by atoms with Gasteiger partial charge in [0.1, 0.15) is 5.76 Å². The lowest BCUT2D eigenvalue weighted by Gasteiger charge is -1.89. The molecule has 0 fully saturated rings. The molecule has 1 aromatic heterocycles. The molecule has 0 aliphatic rings. The molecule has 2 heteroatoms. The molecule has 0 amide bonds. The van der Waals surface area contributed by atoms with Gasteiger partial charge in [-0.15, -0.1) is 0 Å². The van der Waals surface area contributed by atoms with E-state index in [9.17, 15) is 0 Å². The molecule has 1 nitrogen and oxygen atoms in total. The van der Waals surface area contributed by atoms with Gasteiger partial charge in [0.15, 0.2) is 5.76 Å². The Morgan fingerprint density at radius 2 is 1.81 bits per heavy atom. The third kappa shape index (κ3) is 2.77. The summed E-state index contributed by atoms with van der Waals surface area (Å²) in [5.41, 5.74) is 0.984. The first-order valence-corrected chi connectivity index (χ1v) is 5.93. The minimum absolute atomic E-state index is 0.722. The normalized spacial score (nSPS) is 9.62. The van der Waals surface area contributed by atoms with Crippen LogP contribution in [0.2, 0.25) is 0 Å². The highest BCUT2D eigenvalue weighted by Crippen LogP contribution is 2.10. The number of rotatable bonds is 1. The number of benzene rings is 1. The van der Waals surface area contributed by atoms with Crippen LogP contribution >= 0.6 is 15.9 Å². The molecule has 0 N–H and O–H groups in total. The van der Waals surface area contributed by atoms with E-state index in [1.807, 2.05) is 36.4 Å². The van der Waals surface area contributed by atoms with Crippen LogP contribution in [0.5, 0.6) is 0 Å². The van der Waals surface area contributed by atoms with Gasteiger partial charge in [-0.05, 0) is 42.3 Å². The van der Waals surface area contributed by atoms with E-state index in [0.29, 0.717) is 0 Å². The molecule has 2 rings (SSSR count). The summed E-state index contributed by atoms with van der Waals surface area (Å²) in [6.07, 6.45) is 0.903. The van der Waals surface area contributed by atoms with Crippen molar-refractivity contribution in [1.82, 2.24) is 0 Å². The molecule has 0 atom stereocenters. The van der Waals surface area contributed by atoms with E-state index in [0.717, 1.165) is 28.0 Å². The first-order valence-electron chi connectivity index (χ1n) is 5.14. The summed E-state index contributed by atoms with van der Waals surface area (Å²) >= 11 is 3.39. The fraction of sp³-hybridized carbons (Fsp3) is 0.143. The van der Waals surface area contributed by atoms with Gasteiger partial charge in [0, 0.05) is 16.5 Å². The van der Waals surface area contributed by atoms with E-state index in [4.69, 9.17) is 4.42 Å². The zero-order valence-corrected chi connectivity index (χ0v) is 10.5. The highest BCUT2D eigenvalue weighted by molar-refractivity contribution is 9.10. The van der Waals surface area contributed by atoms with Crippen LogP contribution in [0.15, 0.2) is 45.3 Å². The van der Waals surface area contributed by atoms with E-state index in [1.165, 1.54) is 0 Å². The van der Waals surface area contributed by atoms with Crippen LogP contribution < -0.4 is 0 Å². The lowest BCUT2D eigenvalue weighted by atomic mass is 10.2. The van der Waals surface area contributed by atoms with E-state index in [-0.39, 0.29) is 0 Å². The molecule has 0 spiro atoms. The van der Waals surface area contributed by atoms with Gasteiger partial charge in [-0.25, -0.2) is 0 Å². The fourth-order valence-electron chi connectivity index (χ4n) is 1.30. The van der Waals surface area contributed by atoms with Crippen LogP contribution in [0.3, 0.4) is 0 Å². The molecular weight excluding hydrogens is 264 g/mol. The first-order chi connectivity index (χ1) is 7.78. The molecular formula is C14H11BrO. The summed E-state index contributed by atoms with van der Waals surface area (Å²) < 4.78 is 6.55. The number of halogens is 1. The standard InChI is InChI=1S/C14H11BrO/c1-2-13-9-10-14(16-13)8-5-11-3-6-12(15)7-4-11/h3-4,6-7,9-10H,2H2,1H3. The van der Waals surface area contributed by atoms with Crippen molar-refractivity contribution < 1.29 is 4.42 Å². The minimum atomic E-state index is 0.722. The number of hydrogen-bond acceptors (Lipinski definition) is 1. The molecule has 0 saturated carbocycles. The van der Waals surface area contributed by atoms with E-state index >= 15 is 0 Å². The lowest BCUT2D eigenvalue weighted by Crippen LogP contribution is -1.73. The Morgan fingerprint density at radius 1 is 1.06 bits per heavy atom. The van der Waals surface area contributed by atoms with Crippen molar-refractivity contribution in [2.75, 3.05) is 0 Å². The van der Waals surface area contributed by atoms with Gasteiger partial charge in [-0.1, -0.05) is 28.8 Å². The van der Waals surface area contributed by atoms with Crippen molar-refractivity contribution in [2.45, 2.75) is 13.3 Å². The Bertz CT molecular complexity index is 526. The molecule has 1 aromatic carbocycles. The van der Waals surface area contributed by atoms with Crippen LogP contribution in [0.1, 0.15) is 24.0 Å². The average molecular weight is 275 g/mol. The SMILES string of the molecule is CCc1ccc(C#Cc2ccc(Br)cc2)o1. The topological polar surface area (TPSA) is 13.1 Å². The predicted octanol–water partition coefficient (Wildman–Crippen LogP) is 4.00. The van der Waals surface area contributed by atoms with Crippen LogP contribution in [-0.2, 0) is 6.42 Å². The quantitative estimate of drug-likeness (QED) is 0.717. The molecule has 2 aromatic rings. The third-order valence-electron chi connectivity index (χ3n) is 2.18. The largest absolute Gasteiger partial charge is 0.453 e. The van der Waals surface area contributed by atoms with E-state index < -0.39 is 0 Å². The minimum Gasteiger partial charge on any atom is -0.453 e. The van der Waals surface area contributed by atoms with Crippen molar-refractivity contribution in [3.8, 4) is 11.8 Å². The average Bonchev–Trinajstić information content (AvgIpc) is 2.76. The van der Waals surface area contributed by atoms with Gasteiger partial charge in [0.05, 0.1) is 0 Å². The third-order valence-corrected chi connectivity index (χ3v) is 2.71. The van der Waals surface area contributed by atoms with Crippen LogP contribution in [0.25, 0.3) is 0 Å². The first kappa shape index (κ1) is 11.0. The maximum absolute atomic E-state index is 5.50. The number of furan rings is 1. The van der Waals surface area contributed by atoms with Crippen LogP contribution in [0.4, 0.5) is 0 Å². The van der Waals surface area contributed by atoms with Crippen LogP contribution in [-0.4, -0.2) is 0 Å². The van der Waals surface area contributed by atoms with Gasteiger partial charge in [-0.3, -0.25) is 0 Å². The summed E-state index contributed by atoms with van der Waals surface area (Å²) in [6, 6.07) is 11.8. The van der Waals surface area contributed by atoms with Gasteiger partial charge in [0.25, 0.3) is 0 Å². The molecule has 0 unspecified atom stereocenters. The molecule has 80 valence electrons. The Kier molecular flexibility index (Phi) is 3.48. The highest BCUT2D eigenvalue weighted by Gasteiger charge is 1.95. The number of hydrogen-bond donors (Lipinski definition) is 0. The second kappa shape index (κ2) is 5.05. The van der Waals surface area contributed by atoms with Crippen molar-refractivity contribution in [2.24, 2.45) is 0 Å². The second-order valence-electron chi connectivity index (χ2n) is 3.38. The molecule has 0 radical (unpaired) electrons. The lowest BCUT2D eigenvalue weighted by molar-refractivity contribution is 0.505. The van der Waals surface area contributed by atoms with Crippen molar-refractivity contribution in [3.63, 3.8) is 0 Å². The van der Waals surface area contributed by atoms with Gasteiger partial charge < -0.3 is 4.42 Å². The molecule has 0 bridgehead atoms. The summed E-state index contributed by atoms with van der Waals surface area (Å²) in [6.45, 7) is 2.06. The smallest absolute Gasteiger partial charge is 0.177 e. The predicted molar refractivity (Wildman–Crippen MR) is 68.2 cm³/mol. The van der Waals surface area contributed by atoms with E-state index in [1.54, 1.807) is 0 Å². The van der Waals surface area contributed by atoms with Crippen molar-refractivity contribution in [3.05, 3.63) is 58.0 Å². The fourth-order valence-corrected chi connectivity index (χ4v) is 1.57. The summed E-state index contributed by atoms with van der Waals surface area (Å²) in [5.74, 6) is 7.76. The zero-order chi connectivity index (χ0) is 11.4. The molecule has 1 heterocycles. The molecule has 16 heavy (non-hydrogen) atoms. The monoisotopic (exact) mass is 274 g/mol. The maximum Gasteiger partial charge on any atom is 0.177 e. The van der Waals surface area contributed by atoms with Gasteiger partial charge in [0.2, 0.25) is 0 Å². The summed E-state index contributed by atoms with van der Waals surface area (Å²) in [5, 5.41) is 0. The Labute approximate surface area is 104 Å². The molecule has 0 aliphatic carbocycles. The van der Waals surface area contributed by atoms with E-state index in [2.05, 4.69) is 34.7 Å². The van der Waals surface area contributed by atoms with Crippen molar-refractivity contribution >= 4 is 15.9 Å². The zero-order valence-electron chi connectivity index (χ0n) is 8.96. The second-order valence-corrected chi connectivity index (χ2v) is 4.29. The van der Waals surface area contributed by atoms with Gasteiger partial charge in [-0.2, -0.15) is 0 Å². The highest BCUT2D eigenvalue weighted by atomic mass is 79.9. The van der Waals surface area contributed by atoms with Crippen LogP contribution in [0, 0.1) is 11.8 Å². The summed E-state index contributed by atoms with van der Waals surface area (Å²) in [7, 11) is 0. The molecule has 0 aliphatic heterocycles. The van der Waals surface area contributed by atoms with Crippen molar-refractivity contribution in [1.29, 1.82) is 0 Å². The number of aryl methyl sites for hydroxylation is 1. The Balaban J connectivity index is 2.18. The Hall–Kier alpha value is -1.46. The van der Waals surface area contributed by atoms with Gasteiger partial charge >= 0.3 is 0 Å². The summed E-state index contributed by atoms with van der Waals surface area (Å²) in [4.78, 5) is 0.